The average Bonchev–Trinajstić information content (AvgIpc) is 2.51. The zero-order chi connectivity index (χ0) is 8.39. The molecule has 66 valence electrons. The first-order chi connectivity index (χ1) is 5.90. The number of halogens is 1. The van der Waals surface area contributed by atoms with E-state index >= 15 is 0 Å². The van der Waals surface area contributed by atoms with E-state index in [2.05, 4.69) is 15.1 Å². The van der Waals surface area contributed by atoms with Crippen molar-refractivity contribution in [2.24, 2.45) is 0 Å². The lowest BCUT2D eigenvalue weighted by atomic mass is 10.1. The molecule has 0 radical (unpaired) electrons. The molecule has 0 amide bonds. The fourth-order valence-electron chi connectivity index (χ4n) is 1.59. The Morgan fingerprint density at radius 1 is 1.67 bits per heavy atom. The Morgan fingerprint density at radius 3 is 3.42 bits per heavy atom. The smallest absolute Gasteiger partial charge is 0.102 e. The zero-order valence-corrected chi connectivity index (χ0v) is 6.89. The molecule has 0 spiro atoms. The number of H-pyrrole nitrogens is 1. The highest BCUT2D eigenvalue weighted by Crippen LogP contribution is 2.15. The van der Waals surface area contributed by atoms with E-state index < -0.39 is 0 Å². The average molecular weight is 169 g/mol. The van der Waals surface area contributed by atoms with Gasteiger partial charge in [0.15, 0.2) is 0 Å². The molecule has 12 heavy (non-hydrogen) atoms. The van der Waals surface area contributed by atoms with Gasteiger partial charge in [0.05, 0.1) is 6.20 Å². The Bertz CT molecular complexity index is 259. The third-order valence-electron chi connectivity index (χ3n) is 2.28. The van der Waals surface area contributed by atoms with E-state index in [0.29, 0.717) is 6.54 Å². The van der Waals surface area contributed by atoms with Crippen LogP contribution >= 0.6 is 0 Å². The van der Waals surface area contributed by atoms with Crippen LogP contribution in [0.3, 0.4) is 0 Å². The molecule has 1 aliphatic heterocycles. The summed E-state index contributed by atoms with van der Waals surface area (Å²) in [7, 11) is 0. The van der Waals surface area contributed by atoms with Crippen LogP contribution in [0.2, 0.25) is 0 Å². The lowest BCUT2D eigenvalue weighted by molar-refractivity contribution is 0.230. The quantitative estimate of drug-likeness (QED) is 0.708. The number of alkyl halides is 1. The maximum Gasteiger partial charge on any atom is 0.102 e. The first-order valence-corrected chi connectivity index (χ1v) is 4.19. The number of hydrogen-bond donors (Lipinski definition) is 1. The van der Waals surface area contributed by atoms with Crippen LogP contribution in [0, 0.1) is 0 Å². The molecular formula is C8H12FN3. The highest BCUT2D eigenvalue weighted by Gasteiger charge is 2.16. The molecule has 0 unspecified atom stereocenters. The second-order valence-corrected chi connectivity index (χ2v) is 3.09. The maximum absolute atomic E-state index is 12.0. The summed E-state index contributed by atoms with van der Waals surface area (Å²) in [6.07, 6.45) is 2.80. The third-order valence-corrected chi connectivity index (χ3v) is 2.28. The lowest BCUT2D eigenvalue weighted by Gasteiger charge is -2.24. The number of fused-ring (bicyclic) bond motifs is 1. The van der Waals surface area contributed by atoms with Gasteiger partial charge in [-0.1, -0.05) is 0 Å². The van der Waals surface area contributed by atoms with Gasteiger partial charge < -0.3 is 0 Å². The molecule has 0 saturated carbocycles. The Kier molecular flexibility index (Phi) is 2.08. The van der Waals surface area contributed by atoms with Crippen LogP contribution in [0.4, 0.5) is 4.39 Å². The summed E-state index contributed by atoms with van der Waals surface area (Å²) >= 11 is 0. The van der Waals surface area contributed by atoms with Crippen molar-refractivity contribution >= 4 is 0 Å². The normalized spacial score (nSPS) is 17.8. The number of rotatable bonds is 2. The highest BCUT2D eigenvalue weighted by molar-refractivity contribution is 5.18. The minimum atomic E-state index is -0.257. The predicted octanol–water partition coefficient (Wildman–Crippen LogP) is 0.737. The van der Waals surface area contributed by atoms with E-state index in [9.17, 15) is 4.39 Å². The lowest BCUT2D eigenvalue weighted by Crippen LogP contribution is -2.31. The number of aromatic nitrogens is 2. The van der Waals surface area contributed by atoms with Crippen LogP contribution in [0.5, 0.6) is 0 Å². The summed E-state index contributed by atoms with van der Waals surface area (Å²) in [5.41, 5.74) is 2.43. The van der Waals surface area contributed by atoms with Gasteiger partial charge in [0, 0.05) is 37.3 Å². The minimum absolute atomic E-state index is 0.257. The van der Waals surface area contributed by atoms with Crippen LogP contribution < -0.4 is 0 Å². The number of nitrogens with zero attached hydrogens (tertiary/aromatic N) is 2. The summed E-state index contributed by atoms with van der Waals surface area (Å²) in [6, 6.07) is 0. The summed E-state index contributed by atoms with van der Waals surface area (Å²) < 4.78 is 12.0. The van der Waals surface area contributed by atoms with Crippen molar-refractivity contribution in [1.82, 2.24) is 15.1 Å². The maximum atomic E-state index is 12.0. The van der Waals surface area contributed by atoms with Crippen molar-refractivity contribution in [3.8, 4) is 0 Å². The van der Waals surface area contributed by atoms with Gasteiger partial charge in [0.2, 0.25) is 0 Å². The molecule has 1 aliphatic rings. The molecule has 4 heteroatoms. The minimum Gasteiger partial charge on any atom is -0.296 e. The van der Waals surface area contributed by atoms with E-state index in [1.165, 1.54) is 11.3 Å². The van der Waals surface area contributed by atoms with Crippen molar-refractivity contribution in [1.29, 1.82) is 0 Å². The number of hydrogen-bond acceptors (Lipinski definition) is 2. The topological polar surface area (TPSA) is 31.9 Å². The van der Waals surface area contributed by atoms with E-state index in [1.807, 2.05) is 6.20 Å². The second kappa shape index (κ2) is 3.23. The fourth-order valence-corrected chi connectivity index (χ4v) is 1.59. The summed E-state index contributed by atoms with van der Waals surface area (Å²) in [6.45, 7) is 2.08. The molecule has 0 bridgehead atoms. The van der Waals surface area contributed by atoms with Crippen LogP contribution in [-0.2, 0) is 13.0 Å². The molecule has 0 aliphatic carbocycles. The predicted molar refractivity (Wildman–Crippen MR) is 43.5 cm³/mol. The first-order valence-electron chi connectivity index (χ1n) is 4.19. The van der Waals surface area contributed by atoms with Gasteiger partial charge in [-0.15, -0.1) is 0 Å². The molecule has 1 aromatic heterocycles. The monoisotopic (exact) mass is 169 g/mol. The fraction of sp³-hybridized carbons (Fsp3) is 0.625. The van der Waals surface area contributed by atoms with Gasteiger partial charge in [0.25, 0.3) is 0 Å². The molecule has 1 aromatic rings. The molecule has 0 saturated heterocycles. The van der Waals surface area contributed by atoms with Crippen molar-refractivity contribution in [2.45, 2.75) is 13.0 Å². The molecule has 1 N–H and O–H groups in total. The van der Waals surface area contributed by atoms with Crippen molar-refractivity contribution in [3.63, 3.8) is 0 Å². The van der Waals surface area contributed by atoms with Crippen LogP contribution in [-0.4, -0.2) is 34.9 Å². The van der Waals surface area contributed by atoms with Crippen molar-refractivity contribution in [3.05, 3.63) is 17.5 Å². The summed E-state index contributed by atoms with van der Waals surface area (Å²) in [4.78, 5) is 2.11. The van der Waals surface area contributed by atoms with E-state index in [0.717, 1.165) is 19.5 Å². The van der Waals surface area contributed by atoms with E-state index in [-0.39, 0.29) is 6.67 Å². The SMILES string of the molecule is FCCN1CCc2[nH]ncc2C1. The number of aromatic amines is 1. The molecule has 2 heterocycles. The molecule has 0 atom stereocenters. The first kappa shape index (κ1) is 7.73. The number of nitrogens with one attached hydrogen (secondary N) is 1. The Labute approximate surface area is 70.6 Å². The van der Waals surface area contributed by atoms with Crippen LogP contribution in [0.25, 0.3) is 0 Å². The van der Waals surface area contributed by atoms with Gasteiger partial charge in [-0.3, -0.25) is 10.00 Å². The van der Waals surface area contributed by atoms with E-state index in [1.54, 1.807) is 0 Å². The second-order valence-electron chi connectivity index (χ2n) is 3.09. The zero-order valence-electron chi connectivity index (χ0n) is 6.89. The third kappa shape index (κ3) is 1.34. The van der Waals surface area contributed by atoms with Gasteiger partial charge in [0.1, 0.15) is 6.67 Å². The molecule has 2 rings (SSSR count). The van der Waals surface area contributed by atoms with Gasteiger partial charge >= 0.3 is 0 Å². The van der Waals surface area contributed by atoms with Crippen molar-refractivity contribution in [2.75, 3.05) is 19.8 Å². The Morgan fingerprint density at radius 2 is 2.58 bits per heavy atom. The van der Waals surface area contributed by atoms with Crippen molar-refractivity contribution < 1.29 is 4.39 Å². The van der Waals surface area contributed by atoms with Crippen LogP contribution in [0.1, 0.15) is 11.3 Å². The van der Waals surface area contributed by atoms with Gasteiger partial charge in [-0.25, -0.2) is 4.39 Å². The molecule has 3 nitrogen and oxygen atoms in total. The van der Waals surface area contributed by atoms with E-state index in [4.69, 9.17) is 0 Å². The largest absolute Gasteiger partial charge is 0.296 e. The van der Waals surface area contributed by atoms with Gasteiger partial charge in [-0.05, 0) is 0 Å². The summed E-state index contributed by atoms with van der Waals surface area (Å²) in [5, 5.41) is 6.90. The molecule has 0 aromatic carbocycles. The molecule has 0 fully saturated rings. The van der Waals surface area contributed by atoms with Crippen LogP contribution in [0.15, 0.2) is 6.20 Å². The Hall–Kier alpha value is -0.900. The summed E-state index contributed by atoms with van der Waals surface area (Å²) in [5.74, 6) is 0. The highest BCUT2D eigenvalue weighted by atomic mass is 19.1. The van der Waals surface area contributed by atoms with Gasteiger partial charge in [-0.2, -0.15) is 5.10 Å². The molecular weight excluding hydrogens is 157 g/mol. The standard InChI is InChI=1S/C8H12FN3/c9-2-4-12-3-1-8-7(6-12)5-10-11-8/h5H,1-4,6H2,(H,10,11). The Balaban J connectivity index is 2.05.